The van der Waals surface area contributed by atoms with Crippen LogP contribution in [-0.4, -0.2) is 28.8 Å². The SMILES string of the molecule is Nc1csc(CN2CCC(=O)CC2)n1. The molecule has 0 radical (unpaired) electrons. The molecule has 0 saturated carbocycles. The summed E-state index contributed by atoms with van der Waals surface area (Å²) in [7, 11) is 0. The Kier molecular flexibility index (Phi) is 2.79. The zero-order valence-electron chi connectivity index (χ0n) is 7.90. The Morgan fingerprint density at radius 2 is 2.21 bits per heavy atom. The first-order chi connectivity index (χ1) is 6.74. The van der Waals surface area contributed by atoms with Crippen molar-refractivity contribution < 1.29 is 4.79 Å². The summed E-state index contributed by atoms with van der Waals surface area (Å²) in [6, 6.07) is 0. The number of anilines is 1. The van der Waals surface area contributed by atoms with E-state index in [1.807, 2.05) is 5.38 Å². The van der Waals surface area contributed by atoms with Crippen LogP contribution in [0.25, 0.3) is 0 Å². The second-order valence-electron chi connectivity index (χ2n) is 3.48. The van der Waals surface area contributed by atoms with Gasteiger partial charge in [0, 0.05) is 31.3 Å². The smallest absolute Gasteiger partial charge is 0.135 e. The Bertz CT molecular complexity index is 327. The molecular weight excluding hydrogens is 198 g/mol. The monoisotopic (exact) mass is 211 g/mol. The molecule has 0 spiro atoms. The number of nitrogen functional groups attached to an aromatic ring is 1. The van der Waals surface area contributed by atoms with Gasteiger partial charge in [-0.05, 0) is 0 Å². The van der Waals surface area contributed by atoms with Gasteiger partial charge in [0.1, 0.15) is 16.6 Å². The van der Waals surface area contributed by atoms with Crippen molar-refractivity contribution in [2.45, 2.75) is 19.4 Å². The van der Waals surface area contributed by atoms with E-state index in [1.165, 1.54) is 0 Å². The van der Waals surface area contributed by atoms with Crippen molar-refractivity contribution in [2.75, 3.05) is 18.8 Å². The van der Waals surface area contributed by atoms with E-state index in [2.05, 4.69) is 9.88 Å². The van der Waals surface area contributed by atoms with Crippen LogP contribution >= 0.6 is 11.3 Å². The van der Waals surface area contributed by atoms with Gasteiger partial charge in [0.15, 0.2) is 0 Å². The fraction of sp³-hybridized carbons (Fsp3) is 0.556. The lowest BCUT2D eigenvalue weighted by molar-refractivity contribution is -0.121. The van der Waals surface area contributed by atoms with Crippen LogP contribution < -0.4 is 5.73 Å². The highest BCUT2D eigenvalue weighted by molar-refractivity contribution is 7.09. The van der Waals surface area contributed by atoms with Gasteiger partial charge in [0.05, 0.1) is 6.54 Å². The average molecular weight is 211 g/mol. The van der Waals surface area contributed by atoms with E-state index < -0.39 is 0 Å². The second kappa shape index (κ2) is 4.06. The van der Waals surface area contributed by atoms with Gasteiger partial charge in [-0.2, -0.15) is 0 Å². The molecule has 2 rings (SSSR count). The molecular formula is C9H13N3OS. The van der Waals surface area contributed by atoms with Gasteiger partial charge < -0.3 is 5.73 Å². The molecule has 0 amide bonds. The molecule has 0 atom stereocenters. The van der Waals surface area contributed by atoms with Gasteiger partial charge in [0.25, 0.3) is 0 Å². The minimum atomic E-state index is 0.375. The number of thiazole rings is 1. The molecule has 1 aliphatic heterocycles. The molecule has 0 bridgehead atoms. The first-order valence-corrected chi connectivity index (χ1v) is 5.56. The van der Waals surface area contributed by atoms with Crippen molar-refractivity contribution in [3.05, 3.63) is 10.4 Å². The molecule has 2 N–H and O–H groups in total. The maximum absolute atomic E-state index is 11.0. The lowest BCUT2D eigenvalue weighted by Gasteiger charge is -2.24. The third-order valence-corrected chi connectivity index (χ3v) is 3.19. The summed E-state index contributed by atoms with van der Waals surface area (Å²) in [4.78, 5) is 17.4. The number of aromatic nitrogens is 1. The van der Waals surface area contributed by atoms with Crippen molar-refractivity contribution in [3.63, 3.8) is 0 Å². The molecule has 1 aliphatic rings. The van der Waals surface area contributed by atoms with Crippen LogP contribution in [0.15, 0.2) is 5.38 Å². The summed E-state index contributed by atoms with van der Waals surface area (Å²) in [5.41, 5.74) is 5.53. The largest absolute Gasteiger partial charge is 0.383 e. The minimum Gasteiger partial charge on any atom is -0.383 e. The highest BCUT2D eigenvalue weighted by Crippen LogP contribution is 2.15. The Labute approximate surface area is 86.7 Å². The molecule has 0 aromatic carbocycles. The van der Waals surface area contributed by atoms with E-state index >= 15 is 0 Å². The van der Waals surface area contributed by atoms with E-state index in [1.54, 1.807) is 11.3 Å². The molecule has 1 saturated heterocycles. The van der Waals surface area contributed by atoms with E-state index in [9.17, 15) is 4.79 Å². The van der Waals surface area contributed by atoms with Gasteiger partial charge in [-0.3, -0.25) is 9.69 Å². The first kappa shape index (κ1) is 9.61. The van der Waals surface area contributed by atoms with E-state index in [0.717, 1.165) is 24.6 Å². The fourth-order valence-corrected chi connectivity index (χ4v) is 2.27. The number of carbonyl (C=O) groups excluding carboxylic acids is 1. The number of likely N-dealkylation sites (tertiary alicyclic amines) is 1. The molecule has 5 heteroatoms. The Balaban J connectivity index is 1.89. The third kappa shape index (κ3) is 2.30. The van der Waals surface area contributed by atoms with Crippen LogP contribution in [0, 0.1) is 0 Å². The number of Topliss-reactive ketones (excluding diaryl/α,β-unsaturated/α-hetero) is 1. The van der Waals surface area contributed by atoms with E-state index in [0.29, 0.717) is 24.4 Å². The van der Waals surface area contributed by atoms with Gasteiger partial charge in [-0.25, -0.2) is 4.98 Å². The fourth-order valence-electron chi connectivity index (χ4n) is 1.55. The molecule has 0 aliphatic carbocycles. The Morgan fingerprint density at radius 1 is 1.50 bits per heavy atom. The predicted octanol–water partition coefficient (Wildman–Crippen LogP) is 0.890. The number of nitrogens with zero attached hydrogens (tertiary/aromatic N) is 2. The van der Waals surface area contributed by atoms with Crippen LogP contribution in [0.4, 0.5) is 5.82 Å². The molecule has 1 aromatic heterocycles. The number of hydrogen-bond donors (Lipinski definition) is 1. The van der Waals surface area contributed by atoms with Crippen molar-refractivity contribution in [1.29, 1.82) is 0 Å². The lowest BCUT2D eigenvalue weighted by atomic mass is 10.1. The first-order valence-electron chi connectivity index (χ1n) is 4.68. The van der Waals surface area contributed by atoms with Gasteiger partial charge in [-0.1, -0.05) is 0 Å². The topological polar surface area (TPSA) is 59.2 Å². The van der Waals surface area contributed by atoms with Crippen molar-refractivity contribution in [1.82, 2.24) is 9.88 Å². The van der Waals surface area contributed by atoms with Crippen LogP contribution in [-0.2, 0) is 11.3 Å². The summed E-state index contributed by atoms with van der Waals surface area (Å²) < 4.78 is 0. The molecule has 1 fully saturated rings. The molecule has 4 nitrogen and oxygen atoms in total. The van der Waals surface area contributed by atoms with Crippen LogP contribution in [0.1, 0.15) is 17.8 Å². The molecule has 2 heterocycles. The number of carbonyl (C=O) groups is 1. The summed E-state index contributed by atoms with van der Waals surface area (Å²) in [6.45, 7) is 2.55. The van der Waals surface area contributed by atoms with E-state index in [4.69, 9.17) is 5.73 Å². The number of rotatable bonds is 2. The maximum atomic E-state index is 11.0. The molecule has 14 heavy (non-hydrogen) atoms. The average Bonchev–Trinajstić information content (AvgIpc) is 2.56. The molecule has 0 unspecified atom stereocenters. The summed E-state index contributed by atoms with van der Waals surface area (Å²) in [5, 5.41) is 2.89. The Morgan fingerprint density at radius 3 is 2.79 bits per heavy atom. The molecule has 1 aromatic rings. The van der Waals surface area contributed by atoms with Crippen LogP contribution in [0.2, 0.25) is 0 Å². The van der Waals surface area contributed by atoms with Gasteiger partial charge >= 0.3 is 0 Å². The summed E-state index contributed by atoms with van der Waals surface area (Å²) in [5.74, 6) is 0.970. The van der Waals surface area contributed by atoms with Crippen LogP contribution in [0.5, 0.6) is 0 Å². The third-order valence-electron chi connectivity index (χ3n) is 2.34. The van der Waals surface area contributed by atoms with Crippen LogP contribution in [0.3, 0.4) is 0 Å². The highest BCUT2D eigenvalue weighted by Gasteiger charge is 2.16. The summed E-state index contributed by atoms with van der Waals surface area (Å²) in [6.07, 6.45) is 1.36. The maximum Gasteiger partial charge on any atom is 0.135 e. The number of hydrogen-bond acceptors (Lipinski definition) is 5. The van der Waals surface area contributed by atoms with Crippen molar-refractivity contribution in [2.24, 2.45) is 0 Å². The van der Waals surface area contributed by atoms with Crippen molar-refractivity contribution >= 4 is 22.9 Å². The number of piperidine rings is 1. The lowest BCUT2D eigenvalue weighted by Crippen LogP contribution is -2.33. The zero-order chi connectivity index (χ0) is 9.97. The predicted molar refractivity (Wildman–Crippen MR) is 56.0 cm³/mol. The zero-order valence-corrected chi connectivity index (χ0v) is 8.72. The van der Waals surface area contributed by atoms with Crippen molar-refractivity contribution in [3.8, 4) is 0 Å². The summed E-state index contributed by atoms with van der Waals surface area (Å²) >= 11 is 1.58. The van der Waals surface area contributed by atoms with Gasteiger partial charge in [0.2, 0.25) is 0 Å². The minimum absolute atomic E-state index is 0.375. The highest BCUT2D eigenvalue weighted by atomic mass is 32.1. The quantitative estimate of drug-likeness (QED) is 0.789. The second-order valence-corrected chi connectivity index (χ2v) is 4.42. The van der Waals surface area contributed by atoms with E-state index in [-0.39, 0.29) is 0 Å². The number of nitrogens with two attached hydrogens (primary N) is 1. The Hall–Kier alpha value is -0.940. The number of ketones is 1. The standard InChI is InChI=1S/C9H13N3OS/c10-8-6-14-9(11-8)5-12-3-1-7(13)2-4-12/h6H,1-5,10H2. The van der Waals surface area contributed by atoms with Gasteiger partial charge in [-0.15, -0.1) is 11.3 Å². The molecule has 76 valence electrons. The normalized spacial score (nSPS) is 18.7.